The summed E-state index contributed by atoms with van der Waals surface area (Å²) in [6, 6.07) is 7.43. The summed E-state index contributed by atoms with van der Waals surface area (Å²) in [5.74, 6) is 0.372. The highest BCUT2D eigenvalue weighted by Gasteiger charge is 2.02. The third-order valence-electron chi connectivity index (χ3n) is 1.93. The van der Waals surface area contributed by atoms with Gasteiger partial charge in [-0.1, -0.05) is 18.3 Å². The van der Waals surface area contributed by atoms with Gasteiger partial charge in [-0.05, 0) is 12.1 Å². The van der Waals surface area contributed by atoms with Crippen molar-refractivity contribution in [3.63, 3.8) is 0 Å². The number of rotatable bonds is 3. The van der Waals surface area contributed by atoms with Gasteiger partial charge in [-0.2, -0.15) is 4.98 Å². The van der Waals surface area contributed by atoms with E-state index in [2.05, 4.69) is 9.97 Å². The van der Waals surface area contributed by atoms with Gasteiger partial charge in [-0.3, -0.25) is 4.98 Å². The number of hydrogen-bond acceptors (Lipinski definition) is 4. The van der Waals surface area contributed by atoms with Gasteiger partial charge in [0.05, 0.1) is 7.11 Å². The van der Waals surface area contributed by atoms with E-state index >= 15 is 0 Å². The average molecular weight is 252 g/mol. The second kappa shape index (κ2) is 4.92. The van der Waals surface area contributed by atoms with Crippen LogP contribution in [0.15, 0.2) is 30.3 Å². The fraction of sp³-hybridized carbons (Fsp3) is 0.0909. The van der Waals surface area contributed by atoms with Crippen molar-refractivity contribution in [2.24, 2.45) is 0 Å². The van der Waals surface area contributed by atoms with Crippen LogP contribution in [0.2, 0.25) is 0 Å². The second-order valence-corrected chi connectivity index (χ2v) is 3.57. The van der Waals surface area contributed by atoms with Crippen molar-refractivity contribution in [1.29, 1.82) is 0 Å². The molecule has 0 aliphatic carbocycles. The first-order valence-corrected chi connectivity index (χ1v) is 5.17. The van der Waals surface area contributed by atoms with E-state index in [1.165, 1.54) is 19.2 Å². The molecule has 1 aromatic carbocycles. The van der Waals surface area contributed by atoms with Crippen LogP contribution in [0.5, 0.6) is 17.6 Å². The third kappa shape index (κ3) is 3.01. The summed E-state index contributed by atoms with van der Waals surface area (Å²) in [6.45, 7) is 0. The lowest BCUT2D eigenvalue weighted by atomic mass is 10.3. The molecule has 2 rings (SSSR count). The van der Waals surface area contributed by atoms with E-state index in [9.17, 15) is 4.39 Å². The SMILES string of the molecule is COc1cc(=S)nc(Oc2cccc(F)c2)[nH]1. The van der Waals surface area contributed by atoms with Crippen molar-refractivity contribution in [2.45, 2.75) is 0 Å². The lowest BCUT2D eigenvalue weighted by molar-refractivity contribution is 0.375. The molecule has 6 heteroatoms. The predicted octanol–water partition coefficient (Wildman–Crippen LogP) is 3.08. The number of benzene rings is 1. The molecule has 0 amide bonds. The Bertz CT molecular complexity index is 586. The molecule has 0 aliphatic heterocycles. The molecule has 1 heterocycles. The van der Waals surface area contributed by atoms with E-state index in [-0.39, 0.29) is 11.8 Å². The van der Waals surface area contributed by atoms with Crippen LogP contribution in [0.3, 0.4) is 0 Å². The summed E-state index contributed by atoms with van der Waals surface area (Å²) in [4.78, 5) is 6.70. The molecule has 0 bridgehead atoms. The van der Waals surface area contributed by atoms with E-state index in [0.29, 0.717) is 16.3 Å². The van der Waals surface area contributed by atoms with Gasteiger partial charge in [0.2, 0.25) is 0 Å². The molecule has 0 spiro atoms. The number of ether oxygens (including phenoxy) is 2. The van der Waals surface area contributed by atoms with Gasteiger partial charge >= 0.3 is 6.01 Å². The smallest absolute Gasteiger partial charge is 0.303 e. The van der Waals surface area contributed by atoms with E-state index in [1.807, 2.05) is 0 Å². The second-order valence-electron chi connectivity index (χ2n) is 3.15. The first-order valence-electron chi connectivity index (χ1n) is 4.76. The lowest BCUT2D eigenvalue weighted by Gasteiger charge is -2.06. The zero-order valence-electron chi connectivity index (χ0n) is 8.94. The Kier molecular flexibility index (Phi) is 3.34. The Morgan fingerprint density at radius 3 is 2.88 bits per heavy atom. The number of methoxy groups -OCH3 is 1. The van der Waals surface area contributed by atoms with Gasteiger partial charge in [0.25, 0.3) is 0 Å². The molecular weight excluding hydrogens is 243 g/mol. The number of hydrogen-bond donors (Lipinski definition) is 1. The summed E-state index contributed by atoms with van der Waals surface area (Å²) < 4.78 is 23.6. The molecule has 0 fully saturated rings. The minimum atomic E-state index is -0.385. The third-order valence-corrected chi connectivity index (χ3v) is 2.14. The Hall–Kier alpha value is -1.95. The summed E-state index contributed by atoms with van der Waals surface area (Å²) in [7, 11) is 1.49. The molecule has 0 saturated carbocycles. The first kappa shape index (κ1) is 11.5. The van der Waals surface area contributed by atoms with E-state index < -0.39 is 0 Å². The fourth-order valence-electron chi connectivity index (χ4n) is 1.21. The maximum absolute atomic E-state index is 12.9. The minimum Gasteiger partial charge on any atom is -0.482 e. The largest absolute Gasteiger partial charge is 0.482 e. The summed E-state index contributed by atoms with van der Waals surface area (Å²) in [5.41, 5.74) is 0. The summed E-state index contributed by atoms with van der Waals surface area (Å²) in [6.07, 6.45) is 0. The maximum atomic E-state index is 12.9. The Morgan fingerprint density at radius 1 is 1.35 bits per heavy atom. The maximum Gasteiger partial charge on any atom is 0.303 e. The molecule has 0 aliphatic rings. The fourth-order valence-corrected chi connectivity index (χ4v) is 1.40. The monoisotopic (exact) mass is 252 g/mol. The van der Waals surface area contributed by atoms with Crippen molar-refractivity contribution in [1.82, 2.24) is 9.97 Å². The van der Waals surface area contributed by atoms with Crippen LogP contribution in [0.4, 0.5) is 4.39 Å². The van der Waals surface area contributed by atoms with E-state index in [4.69, 9.17) is 21.7 Å². The number of aromatic amines is 1. The van der Waals surface area contributed by atoms with Crippen molar-refractivity contribution >= 4 is 12.2 Å². The molecule has 0 saturated heterocycles. The quantitative estimate of drug-likeness (QED) is 0.853. The molecule has 0 atom stereocenters. The average Bonchev–Trinajstić information content (AvgIpc) is 2.28. The Morgan fingerprint density at radius 2 is 2.18 bits per heavy atom. The number of aromatic nitrogens is 2. The van der Waals surface area contributed by atoms with Crippen molar-refractivity contribution < 1.29 is 13.9 Å². The lowest BCUT2D eigenvalue weighted by Crippen LogP contribution is -1.95. The summed E-state index contributed by atoms with van der Waals surface area (Å²) in [5, 5.41) is 0. The van der Waals surface area contributed by atoms with Gasteiger partial charge in [-0.25, -0.2) is 4.39 Å². The Balaban J connectivity index is 2.29. The predicted molar refractivity (Wildman–Crippen MR) is 62.4 cm³/mol. The number of halogens is 1. The number of nitrogens with zero attached hydrogens (tertiary/aromatic N) is 1. The summed E-state index contributed by atoms with van der Waals surface area (Å²) >= 11 is 4.93. The molecule has 0 unspecified atom stereocenters. The van der Waals surface area contributed by atoms with Gasteiger partial charge in [0.15, 0.2) is 5.88 Å². The van der Waals surface area contributed by atoms with Crippen LogP contribution >= 0.6 is 12.2 Å². The molecule has 0 radical (unpaired) electrons. The van der Waals surface area contributed by atoms with Crippen molar-refractivity contribution in [3.05, 3.63) is 40.8 Å². The van der Waals surface area contributed by atoms with Crippen LogP contribution in [0.1, 0.15) is 0 Å². The van der Waals surface area contributed by atoms with Gasteiger partial charge in [-0.15, -0.1) is 0 Å². The minimum absolute atomic E-state index is 0.153. The standard InChI is InChI=1S/C11H9FN2O2S/c1-15-9-6-10(17)14-11(13-9)16-8-4-2-3-7(12)5-8/h2-6H,1H3,(H,13,14,17). The highest BCUT2D eigenvalue weighted by molar-refractivity contribution is 7.71. The van der Waals surface area contributed by atoms with Crippen LogP contribution < -0.4 is 9.47 Å². The molecule has 88 valence electrons. The number of H-pyrrole nitrogens is 1. The van der Waals surface area contributed by atoms with Crippen molar-refractivity contribution in [3.8, 4) is 17.6 Å². The van der Waals surface area contributed by atoms with Crippen molar-refractivity contribution in [2.75, 3.05) is 7.11 Å². The molecule has 17 heavy (non-hydrogen) atoms. The zero-order chi connectivity index (χ0) is 12.3. The Labute approximate surface area is 102 Å². The van der Waals surface area contributed by atoms with Crippen LogP contribution in [0, 0.1) is 10.5 Å². The molecule has 1 N–H and O–H groups in total. The molecular formula is C11H9FN2O2S. The molecule has 4 nitrogen and oxygen atoms in total. The topological polar surface area (TPSA) is 47.1 Å². The zero-order valence-corrected chi connectivity index (χ0v) is 9.75. The highest BCUT2D eigenvalue weighted by Crippen LogP contribution is 2.20. The molecule has 1 aromatic heterocycles. The van der Waals surface area contributed by atoms with Gasteiger partial charge in [0.1, 0.15) is 16.2 Å². The van der Waals surface area contributed by atoms with Crippen LogP contribution in [0.25, 0.3) is 0 Å². The number of nitrogens with one attached hydrogen (secondary N) is 1. The van der Waals surface area contributed by atoms with Gasteiger partial charge < -0.3 is 9.47 Å². The van der Waals surface area contributed by atoms with E-state index in [1.54, 1.807) is 18.2 Å². The highest BCUT2D eigenvalue weighted by atomic mass is 32.1. The van der Waals surface area contributed by atoms with Crippen LogP contribution in [-0.2, 0) is 0 Å². The normalized spacial score (nSPS) is 10.0. The van der Waals surface area contributed by atoms with E-state index in [0.717, 1.165) is 0 Å². The van der Waals surface area contributed by atoms with Crippen LogP contribution in [-0.4, -0.2) is 17.1 Å². The first-order chi connectivity index (χ1) is 8.17. The van der Waals surface area contributed by atoms with Gasteiger partial charge in [0, 0.05) is 12.1 Å². The molecule has 2 aromatic rings.